The maximum absolute atomic E-state index is 11.8. The van der Waals surface area contributed by atoms with Crippen LogP contribution < -0.4 is 15.4 Å². The van der Waals surface area contributed by atoms with Crippen LogP contribution in [0.4, 0.5) is 0 Å². The first-order valence-corrected chi connectivity index (χ1v) is 7.29. The predicted octanol–water partition coefficient (Wildman–Crippen LogP) is 2.65. The van der Waals surface area contributed by atoms with Crippen molar-refractivity contribution in [2.45, 2.75) is 46.3 Å². The predicted molar refractivity (Wildman–Crippen MR) is 81.9 cm³/mol. The van der Waals surface area contributed by atoms with Crippen molar-refractivity contribution in [3.63, 3.8) is 0 Å². The quantitative estimate of drug-likeness (QED) is 0.719. The molecule has 0 aromatic heterocycles. The second-order valence-electron chi connectivity index (χ2n) is 5.13. The minimum absolute atomic E-state index is 0.0140. The third-order valence-electron chi connectivity index (χ3n) is 2.89. The largest absolute Gasteiger partial charge is 0.491 e. The van der Waals surface area contributed by atoms with Gasteiger partial charge in [0.05, 0.1) is 12.1 Å². The molecule has 4 heteroatoms. The van der Waals surface area contributed by atoms with Gasteiger partial charge < -0.3 is 15.4 Å². The average molecular weight is 278 g/mol. The number of amides is 1. The molecule has 1 unspecified atom stereocenters. The van der Waals surface area contributed by atoms with Crippen LogP contribution in [0.25, 0.3) is 0 Å². The molecule has 0 radical (unpaired) electrons. The minimum atomic E-state index is -0.0140. The lowest BCUT2D eigenvalue weighted by atomic mass is 10.1. The lowest BCUT2D eigenvalue weighted by Crippen LogP contribution is -2.29. The van der Waals surface area contributed by atoms with Crippen molar-refractivity contribution in [2.75, 3.05) is 13.1 Å². The van der Waals surface area contributed by atoms with E-state index in [-0.39, 0.29) is 18.1 Å². The molecule has 20 heavy (non-hydrogen) atoms. The number of nitrogens with one attached hydrogen (secondary N) is 2. The molecule has 112 valence electrons. The Morgan fingerprint density at radius 2 is 2.05 bits per heavy atom. The van der Waals surface area contributed by atoms with E-state index in [9.17, 15) is 4.79 Å². The molecule has 0 bridgehead atoms. The van der Waals surface area contributed by atoms with Crippen LogP contribution in [0, 0.1) is 0 Å². The summed E-state index contributed by atoms with van der Waals surface area (Å²) in [6.45, 7) is 9.61. The summed E-state index contributed by atoms with van der Waals surface area (Å²) in [5, 5.41) is 6.14. The Balaban J connectivity index is 2.54. The highest BCUT2D eigenvalue weighted by Crippen LogP contribution is 2.20. The summed E-state index contributed by atoms with van der Waals surface area (Å²) in [7, 11) is 0. The van der Waals surface area contributed by atoms with E-state index >= 15 is 0 Å². The Labute approximate surface area is 121 Å². The number of benzene rings is 1. The molecule has 0 saturated carbocycles. The molecule has 0 heterocycles. The molecule has 4 nitrogen and oxygen atoms in total. The van der Waals surface area contributed by atoms with E-state index < -0.39 is 0 Å². The smallest absolute Gasteiger partial charge is 0.221 e. The van der Waals surface area contributed by atoms with Gasteiger partial charge in [-0.15, -0.1) is 0 Å². The Kier molecular flexibility index (Phi) is 7.09. The Hall–Kier alpha value is -1.55. The topological polar surface area (TPSA) is 50.4 Å². The number of hydrogen-bond donors (Lipinski definition) is 2. The fourth-order valence-corrected chi connectivity index (χ4v) is 1.91. The first-order valence-electron chi connectivity index (χ1n) is 7.29. The summed E-state index contributed by atoms with van der Waals surface area (Å²) in [5.41, 5.74) is 1.06. The summed E-state index contributed by atoms with van der Waals surface area (Å²) in [6, 6.07) is 7.86. The number of hydrogen-bond acceptors (Lipinski definition) is 3. The van der Waals surface area contributed by atoms with Crippen molar-refractivity contribution in [1.82, 2.24) is 10.6 Å². The number of ether oxygens (including phenoxy) is 1. The molecule has 1 atom stereocenters. The Morgan fingerprint density at radius 3 is 2.70 bits per heavy atom. The Morgan fingerprint density at radius 1 is 1.30 bits per heavy atom. The zero-order valence-corrected chi connectivity index (χ0v) is 12.9. The van der Waals surface area contributed by atoms with Crippen LogP contribution in [0.1, 0.15) is 45.7 Å². The van der Waals surface area contributed by atoms with Crippen LogP contribution >= 0.6 is 0 Å². The first-order chi connectivity index (χ1) is 9.52. The average Bonchev–Trinajstić information content (AvgIpc) is 2.38. The number of rotatable bonds is 8. The van der Waals surface area contributed by atoms with E-state index in [2.05, 4.69) is 10.6 Å². The molecule has 0 aliphatic carbocycles. The number of carbonyl (C=O) groups excluding carboxylic acids is 1. The van der Waals surface area contributed by atoms with E-state index in [1.807, 2.05) is 52.0 Å². The van der Waals surface area contributed by atoms with Crippen molar-refractivity contribution in [1.29, 1.82) is 0 Å². The summed E-state index contributed by atoms with van der Waals surface area (Å²) in [4.78, 5) is 11.8. The van der Waals surface area contributed by atoms with E-state index in [0.29, 0.717) is 13.0 Å². The van der Waals surface area contributed by atoms with Crippen LogP contribution in [-0.4, -0.2) is 25.1 Å². The molecule has 1 aromatic carbocycles. The van der Waals surface area contributed by atoms with E-state index in [1.54, 1.807) is 0 Å². The monoisotopic (exact) mass is 278 g/mol. The van der Waals surface area contributed by atoms with Gasteiger partial charge in [0.1, 0.15) is 5.75 Å². The zero-order valence-electron chi connectivity index (χ0n) is 12.9. The van der Waals surface area contributed by atoms with Crippen molar-refractivity contribution < 1.29 is 9.53 Å². The molecule has 1 rings (SSSR count). The highest BCUT2D eigenvalue weighted by molar-refractivity contribution is 5.76. The fourth-order valence-electron chi connectivity index (χ4n) is 1.91. The van der Waals surface area contributed by atoms with Crippen molar-refractivity contribution >= 4 is 5.91 Å². The molecule has 1 aromatic rings. The summed E-state index contributed by atoms with van der Waals surface area (Å²) < 4.78 is 5.67. The maximum Gasteiger partial charge on any atom is 0.221 e. The van der Waals surface area contributed by atoms with Crippen LogP contribution in [-0.2, 0) is 4.79 Å². The van der Waals surface area contributed by atoms with Gasteiger partial charge in [-0.2, -0.15) is 0 Å². The van der Waals surface area contributed by atoms with Gasteiger partial charge in [0.25, 0.3) is 0 Å². The molecule has 0 aliphatic heterocycles. The van der Waals surface area contributed by atoms with Gasteiger partial charge in [-0.05, 0) is 45.0 Å². The first kappa shape index (κ1) is 16.5. The normalized spacial score (nSPS) is 12.2. The lowest BCUT2D eigenvalue weighted by molar-refractivity contribution is -0.121. The van der Waals surface area contributed by atoms with Crippen LogP contribution in [0.2, 0.25) is 0 Å². The zero-order chi connectivity index (χ0) is 15.0. The van der Waals surface area contributed by atoms with Crippen LogP contribution in [0.5, 0.6) is 5.75 Å². The van der Waals surface area contributed by atoms with Crippen molar-refractivity contribution in [3.8, 4) is 5.75 Å². The second kappa shape index (κ2) is 8.59. The summed E-state index contributed by atoms with van der Waals surface area (Å²) in [5.74, 6) is 0.903. The highest BCUT2D eigenvalue weighted by Gasteiger charge is 2.10. The van der Waals surface area contributed by atoms with Gasteiger partial charge in [-0.25, -0.2) is 0 Å². The molecule has 0 spiro atoms. The van der Waals surface area contributed by atoms with Gasteiger partial charge in [-0.1, -0.05) is 19.1 Å². The third-order valence-corrected chi connectivity index (χ3v) is 2.89. The molecule has 2 N–H and O–H groups in total. The van der Waals surface area contributed by atoms with Crippen molar-refractivity contribution in [3.05, 3.63) is 29.8 Å². The molecular formula is C16H26N2O2. The molecule has 0 saturated heterocycles. The van der Waals surface area contributed by atoms with Gasteiger partial charge in [0.2, 0.25) is 5.91 Å². The van der Waals surface area contributed by atoms with E-state index in [4.69, 9.17) is 4.74 Å². The van der Waals surface area contributed by atoms with Crippen LogP contribution in [0.3, 0.4) is 0 Å². The SMILES string of the molecule is CCNCCC(=O)NC(C)c1cccc(OC(C)C)c1. The standard InChI is InChI=1S/C16H26N2O2/c1-5-17-10-9-16(19)18-13(4)14-7-6-8-15(11-14)20-12(2)3/h6-8,11-13,17H,5,9-10H2,1-4H3,(H,18,19). The molecular weight excluding hydrogens is 252 g/mol. The van der Waals surface area contributed by atoms with E-state index in [0.717, 1.165) is 17.9 Å². The van der Waals surface area contributed by atoms with Gasteiger partial charge in [0.15, 0.2) is 0 Å². The van der Waals surface area contributed by atoms with E-state index in [1.165, 1.54) is 0 Å². The summed E-state index contributed by atoms with van der Waals surface area (Å²) in [6.07, 6.45) is 0.649. The maximum atomic E-state index is 11.8. The highest BCUT2D eigenvalue weighted by atomic mass is 16.5. The number of carbonyl (C=O) groups is 1. The molecule has 0 aliphatic rings. The minimum Gasteiger partial charge on any atom is -0.491 e. The summed E-state index contributed by atoms with van der Waals surface area (Å²) >= 11 is 0. The Bertz CT molecular complexity index is 419. The second-order valence-corrected chi connectivity index (χ2v) is 5.13. The fraction of sp³-hybridized carbons (Fsp3) is 0.562. The van der Waals surface area contributed by atoms with Gasteiger partial charge in [0, 0.05) is 13.0 Å². The van der Waals surface area contributed by atoms with Gasteiger partial charge in [-0.3, -0.25) is 4.79 Å². The molecule has 1 amide bonds. The van der Waals surface area contributed by atoms with Crippen molar-refractivity contribution in [2.24, 2.45) is 0 Å². The molecule has 0 fully saturated rings. The van der Waals surface area contributed by atoms with Crippen LogP contribution in [0.15, 0.2) is 24.3 Å². The van der Waals surface area contributed by atoms with Gasteiger partial charge >= 0.3 is 0 Å². The lowest BCUT2D eigenvalue weighted by Gasteiger charge is -2.16. The third kappa shape index (κ3) is 6.06.